The minimum Gasteiger partial charge on any atom is -0.475 e. The van der Waals surface area contributed by atoms with Crippen molar-refractivity contribution in [3.8, 4) is 5.88 Å². The molecule has 0 saturated carbocycles. The predicted octanol–water partition coefficient (Wildman–Crippen LogP) is 5.58. The van der Waals surface area contributed by atoms with E-state index in [2.05, 4.69) is 10.2 Å². The van der Waals surface area contributed by atoms with Crippen molar-refractivity contribution in [3.05, 3.63) is 33.9 Å². The van der Waals surface area contributed by atoms with Gasteiger partial charge in [-0.25, -0.2) is 9.59 Å². The molecule has 50 heavy (non-hydrogen) atoms. The van der Waals surface area contributed by atoms with Crippen LogP contribution in [0.5, 0.6) is 5.88 Å². The Hall–Kier alpha value is -4.53. The fourth-order valence-electron chi connectivity index (χ4n) is 2.58. The molecule has 0 bridgehead atoms. The number of aliphatic hydroxyl groups is 1. The van der Waals surface area contributed by atoms with E-state index in [0.29, 0.717) is 24.0 Å². The Morgan fingerprint density at radius 2 is 1.20 bits per heavy atom. The van der Waals surface area contributed by atoms with Crippen LogP contribution in [0.3, 0.4) is 0 Å². The number of halogens is 3. The number of hydrogen-bond donors (Lipinski definition) is 2. The summed E-state index contributed by atoms with van der Waals surface area (Å²) in [7, 11) is 0. The van der Waals surface area contributed by atoms with Crippen LogP contribution in [-0.4, -0.2) is 79.7 Å². The van der Waals surface area contributed by atoms with E-state index in [1.54, 1.807) is 48.5 Å². The number of carbonyl (C=O) groups is 2. The van der Waals surface area contributed by atoms with Crippen LogP contribution in [0.25, 0.3) is 0 Å². The molecule has 0 amide bonds. The van der Waals surface area contributed by atoms with Gasteiger partial charge in [-0.15, -0.1) is 5.10 Å². The van der Waals surface area contributed by atoms with Gasteiger partial charge in [0, 0.05) is 30.1 Å². The number of aromatic nitrogens is 4. The number of rotatable bonds is 5. The molecule has 2 aromatic rings. The molecule has 0 radical (unpaired) electrons. The fourth-order valence-corrected chi connectivity index (χ4v) is 2.58. The van der Waals surface area contributed by atoms with Crippen LogP contribution < -0.4 is 10.3 Å². The van der Waals surface area contributed by atoms with Gasteiger partial charge in [0.05, 0.1) is 5.41 Å². The molecule has 18 heteroatoms. The number of nitrogens with one attached hydrogen (secondary N) is 1. The van der Waals surface area contributed by atoms with Crippen molar-refractivity contribution in [2.75, 3.05) is 13.2 Å². The van der Waals surface area contributed by atoms with Gasteiger partial charge in [0.15, 0.2) is 0 Å². The molecule has 0 fully saturated rings. The molecule has 0 atom stereocenters. The second-order valence-electron chi connectivity index (χ2n) is 14.1. The van der Waals surface area contributed by atoms with Crippen LogP contribution in [0, 0.1) is 10.8 Å². The SMILES string of the molecule is CC(C)(C)CO.CCc1cn(C(=O)OC(C)(C)C)[nH]c1=O.CCc1cn(C(=O)OC(C)(C)C)nc1OCC(C)(C)C(F)(F)F.O=C=O.O=C=O. The molecular weight excluding hydrogens is 673 g/mol. The molecule has 2 aromatic heterocycles. The zero-order valence-corrected chi connectivity index (χ0v) is 31.0. The molecule has 0 aliphatic heterocycles. The molecule has 0 aliphatic rings. The zero-order valence-electron chi connectivity index (χ0n) is 31.0. The van der Waals surface area contributed by atoms with Gasteiger partial charge in [0.2, 0.25) is 5.88 Å². The summed E-state index contributed by atoms with van der Waals surface area (Å²) in [6.45, 7) is 21.8. The highest BCUT2D eigenvalue weighted by atomic mass is 19.4. The van der Waals surface area contributed by atoms with E-state index < -0.39 is 41.6 Å². The van der Waals surface area contributed by atoms with Crippen LogP contribution >= 0.6 is 0 Å². The van der Waals surface area contributed by atoms with Crippen molar-refractivity contribution in [1.82, 2.24) is 19.6 Å². The monoisotopic (exact) mass is 724 g/mol. The molecule has 0 aromatic carbocycles. The smallest absolute Gasteiger partial charge is 0.435 e. The van der Waals surface area contributed by atoms with Gasteiger partial charge in [0.25, 0.3) is 5.56 Å². The number of aliphatic hydroxyl groups excluding tert-OH is 1. The number of alkyl halides is 3. The Balaban J connectivity index is -0.000000695. The number of aromatic amines is 1. The first-order chi connectivity index (χ1) is 22.5. The van der Waals surface area contributed by atoms with Gasteiger partial charge in [-0.05, 0) is 73.6 Å². The minimum absolute atomic E-state index is 0.00989. The molecule has 0 spiro atoms. The summed E-state index contributed by atoms with van der Waals surface area (Å²) in [6.07, 6.45) is -1.25. The van der Waals surface area contributed by atoms with Gasteiger partial charge in [-0.2, -0.15) is 41.7 Å². The van der Waals surface area contributed by atoms with E-state index in [4.69, 9.17) is 38.5 Å². The van der Waals surface area contributed by atoms with E-state index in [-0.39, 0.29) is 35.8 Å². The lowest BCUT2D eigenvalue weighted by Crippen LogP contribution is -2.37. The molecule has 286 valence electrons. The molecule has 0 aliphatic carbocycles. The Labute approximate surface area is 289 Å². The van der Waals surface area contributed by atoms with Gasteiger partial charge < -0.3 is 19.3 Å². The predicted molar refractivity (Wildman–Crippen MR) is 171 cm³/mol. The van der Waals surface area contributed by atoms with Crippen molar-refractivity contribution in [2.45, 2.75) is 120 Å². The second kappa shape index (κ2) is 21.5. The number of ether oxygens (including phenoxy) is 3. The Morgan fingerprint density at radius 1 is 0.800 bits per heavy atom. The van der Waals surface area contributed by atoms with Gasteiger partial charge in [0.1, 0.15) is 17.8 Å². The summed E-state index contributed by atoms with van der Waals surface area (Å²) in [5.74, 6) is 0.00989. The quantitative estimate of drug-likeness (QED) is 0.388. The van der Waals surface area contributed by atoms with E-state index in [9.17, 15) is 27.6 Å². The van der Waals surface area contributed by atoms with E-state index in [0.717, 1.165) is 23.2 Å². The van der Waals surface area contributed by atoms with Crippen LogP contribution in [0.1, 0.15) is 101 Å². The second-order valence-corrected chi connectivity index (χ2v) is 14.1. The molecule has 15 nitrogen and oxygen atoms in total. The van der Waals surface area contributed by atoms with Crippen LogP contribution in [0.4, 0.5) is 22.8 Å². The maximum atomic E-state index is 12.9. The van der Waals surface area contributed by atoms with Crippen LogP contribution in [0.2, 0.25) is 0 Å². The Morgan fingerprint density at radius 3 is 1.52 bits per heavy atom. The van der Waals surface area contributed by atoms with E-state index in [1.807, 2.05) is 27.7 Å². The average Bonchev–Trinajstić information content (AvgIpc) is 3.54. The lowest BCUT2D eigenvalue weighted by atomic mass is 9.94. The highest BCUT2D eigenvalue weighted by Gasteiger charge is 2.48. The first-order valence-electron chi connectivity index (χ1n) is 15.1. The number of carbonyl (C=O) groups excluding carboxylic acids is 6. The minimum atomic E-state index is -4.40. The highest BCUT2D eigenvalue weighted by molar-refractivity contribution is 5.70. The summed E-state index contributed by atoms with van der Waals surface area (Å²) in [4.78, 5) is 67.2. The number of nitrogens with zero attached hydrogens (tertiary/aromatic N) is 3. The highest BCUT2D eigenvalue weighted by Crippen LogP contribution is 2.38. The maximum absolute atomic E-state index is 12.9. The first-order valence-corrected chi connectivity index (χ1v) is 15.1. The topological polar surface area (TPSA) is 206 Å². The van der Waals surface area contributed by atoms with Crippen molar-refractivity contribution in [1.29, 1.82) is 0 Å². The standard InChI is InChI=1S/C15H23F3N2O3.C10H16N2O3.C5H12O.2CO2/c1-7-10-8-20(12(21)23-13(2,3)4)19-11(10)22-9-14(5,6)15(16,17)18;1-5-7-6-12(11-8(7)13)9(14)15-10(2,3)4;1-5(2,3)4-6;2*2-1-3/h8H,7,9H2,1-6H3;6H,5H2,1-4H3,(H,11,13);6H,4H2,1-3H3;;. The van der Waals surface area contributed by atoms with Gasteiger partial charge >= 0.3 is 30.7 Å². The summed E-state index contributed by atoms with van der Waals surface area (Å²) >= 11 is 0. The van der Waals surface area contributed by atoms with Gasteiger partial charge in [-0.1, -0.05) is 34.6 Å². The average molecular weight is 725 g/mol. The summed E-state index contributed by atoms with van der Waals surface area (Å²) in [5, 5.41) is 14.7. The van der Waals surface area contributed by atoms with E-state index in [1.165, 1.54) is 12.4 Å². The fraction of sp³-hybridized carbons (Fsp3) is 0.688. The number of hydrogen-bond acceptors (Lipinski definition) is 12. The van der Waals surface area contributed by atoms with Crippen molar-refractivity contribution in [3.63, 3.8) is 0 Å². The molecule has 0 saturated heterocycles. The third-order valence-electron chi connectivity index (χ3n) is 5.29. The third-order valence-corrected chi connectivity index (χ3v) is 5.29. The molecule has 0 unspecified atom stereocenters. The largest absolute Gasteiger partial charge is 0.475 e. The first kappa shape index (κ1) is 49.9. The summed E-state index contributed by atoms with van der Waals surface area (Å²) < 4.78 is 56.1. The Bertz CT molecular complexity index is 1430. The number of aryl methyl sites for hydroxylation is 2. The Kier molecular flexibility index (Phi) is 21.5. The molecular formula is C32H51F3N4O11. The maximum Gasteiger partial charge on any atom is 0.435 e. The van der Waals surface area contributed by atoms with Crippen LogP contribution in [0.15, 0.2) is 17.2 Å². The lowest BCUT2D eigenvalue weighted by molar-refractivity contribution is -0.219. The number of H-pyrrole nitrogens is 1. The molecule has 2 heterocycles. The van der Waals surface area contributed by atoms with Crippen LogP contribution in [-0.2, 0) is 41.5 Å². The summed E-state index contributed by atoms with van der Waals surface area (Å²) in [5.41, 5.74) is -2.33. The molecule has 2 N–H and O–H groups in total. The van der Waals surface area contributed by atoms with Gasteiger partial charge in [-0.3, -0.25) is 9.89 Å². The molecule has 2 rings (SSSR count). The normalized spacial score (nSPS) is 11.2. The van der Waals surface area contributed by atoms with Crippen molar-refractivity contribution >= 4 is 24.5 Å². The van der Waals surface area contributed by atoms with E-state index >= 15 is 0 Å². The van der Waals surface area contributed by atoms with Crippen molar-refractivity contribution in [2.24, 2.45) is 10.8 Å². The zero-order chi connectivity index (χ0) is 40.3. The van der Waals surface area contributed by atoms with Crippen molar-refractivity contribution < 1.29 is 61.3 Å². The summed E-state index contributed by atoms with van der Waals surface area (Å²) in [6, 6.07) is 0. The lowest BCUT2D eigenvalue weighted by Gasteiger charge is -2.27. The third kappa shape index (κ3) is 22.2.